The van der Waals surface area contributed by atoms with Crippen molar-refractivity contribution in [3.63, 3.8) is 0 Å². The number of carbonyl (C=O) groups is 3. The number of para-hydroxylation sites is 1. The summed E-state index contributed by atoms with van der Waals surface area (Å²) in [7, 11) is 1.42. The van der Waals surface area contributed by atoms with Gasteiger partial charge in [0.15, 0.2) is 11.5 Å². The summed E-state index contributed by atoms with van der Waals surface area (Å²) in [6, 6.07) is 5.64. The van der Waals surface area contributed by atoms with E-state index in [0.29, 0.717) is 11.3 Å². The number of aliphatic hydroxyl groups excluding tert-OH is 1. The first-order valence-corrected chi connectivity index (χ1v) is 6.48. The van der Waals surface area contributed by atoms with Gasteiger partial charge in [0, 0.05) is 5.56 Å². The molecule has 2 N–H and O–H groups in total. The van der Waals surface area contributed by atoms with Crippen molar-refractivity contribution in [2.45, 2.75) is 13.0 Å². The first kappa shape index (κ1) is 15.6. The van der Waals surface area contributed by atoms with Gasteiger partial charge in [-0.25, -0.2) is 0 Å². The van der Waals surface area contributed by atoms with Crippen molar-refractivity contribution in [1.29, 1.82) is 0 Å². The Balaban J connectivity index is 2.62. The van der Waals surface area contributed by atoms with Gasteiger partial charge in [-0.2, -0.15) is 0 Å². The van der Waals surface area contributed by atoms with E-state index in [2.05, 4.69) is 0 Å². The van der Waals surface area contributed by atoms with Gasteiger partial charge >= 0.3 is 5.97 Å². The van der Waals surface area contributed by atoms with Crippen molar-refractivity contribution in [3.8, 4) is 5.75 Å². The maximum atomic E-state index is 12.1. The lowest BCUT2D eigenvalue weighted by atomic mass is 9.96. The fourth-order valence-corrected chi connectivity index (χ4v) is 2.54. The van der Waals surface area contributed by atoms with Crippen molar-refractivity contribution in [3.05, 3.63) is 41.2 Å². The molecular formula is C15H15NO6. The van der Waals surface area contributed by atoms with Crippen molar-refractivity contribution in [2.24, 2.45) is 0 Å². The van der Waals surface area contributed by atoms with Crippen LogP contribution < -0.4 is 4.74 Å². The number of rotatable bonds is 5. The van der Waals surface area contributed by atoms with Gasteiger partial charge < -0.3 is 19.8 Å². The second-order valence-electron chi connectivity index (χ2n) is 4.79. The average molecular weight is 305 g/mol. The van der Waals surface area contributed by atoms with Gasteiger partial charge in [-0.1, -0.05) is 18.2 Å². The normalized spacial score (nSPS) is 17.8. The number of carbonyl (C=O) groups excluding carboxylic acids is 2. The number of carboxylic acids is 1. The van der Waals surface area contributed by atoms with Crippen LogP contribution in [0.3, 0.4) is 0 Å². The largest absolute Gasteiger partial charge is 0.503 e. The highest BCUT2D eigenvalue weighted by Gasteiger charge is 2.44. The third-order valence-corrected chi connectivity index (χ3v) is 3.42. The van der Waals surface area contributed by atoms with Crippen LogP contribution in [0.5, 0.6) is 5.75 Å². The minimum absolute atomic E-state index is 0.129. The maximum absolute atomic E-state index is 12.1. The highest BCUT2D eigenvalue weighted by molar-refractivity contribution is 6.08. The predicted octanol–water partition coefficient (Wildman–Crippen LogP) is 1.06. The molecule has 7 nitrogen and oxygen atoms in total. The molecule has 1 aromatic rings. The summed E-state index contributed by atoms with van der Waals surface area (Å²) in [5.74, 6) is -2.96. The monoisotopic (exact) mass is 305 g/mol. The lowest BCUT2D eigenvalue weighted by molar-refractivity contribution is -0.144. The zero-order valence-corrected chi connectivity index (χ0v) is 12.1. The molecule has 1 atom stereocenters. The highest BCUT2D eigenvalue weighted by atomic mass is 16.5. The fourth-order valence-electron chi connectivity index (χ4n) is 2.54. The molecule has 0 saturated heterocycles. The van der Waals surface area contributed by atoms with Crippen molar-refractivity contribution >= 4 is 17.7 Å². The van der Waals surface area contributed by atoms with Gasteiger partial charge in [0.05, 0.1) is 18.7 Å². The van der Waals surface area contributed by atoms with Crippen molar-refractivity contribution in [1.82, 2.24) is 4.90 Å². The van der Waals surface area contributed by atoms with E-state index >= 15 is 0 Å². The van der Waals surface area contributed by atoms with Crippen LogP contribution in [0.2, 0.25) is 0 Å². The van der Waals surface area contributed by atoms with Gasteiger partial charge in [0.25, 0.3) is 5.91 Å². The summed E-state index contributed by atoms with van der Waals surface area (Å²) < 4.78 is 5.21. The van der Waals surface area contributed by atoms with E-state index in [1.807, 2.05) is 0 Å². The molecule has 1 amide bonds. The third-order valence-electron chi connectivity index (χ3n) is 3.42. The van der Waals surface area contributed by atoms with E-state index in [0.717, 1.165) is 4.90 Å². The van der Waals surface area contributed by atoms with Crippen LogP contribution >= 0.6 is 0 Å². The molecule has 0 bridgehead atoms. The maximum Gasteiger partial charge on any atom is 0.323 e. The van der Waals surface area contributed by atoms with Gasteiger partial charge in [-0.3, -0.25) is 14.4 Å². The van der Waals surface area contributed by atoms with Crippen LogP contribution in [-0.2, 0) is 14.4 Å². The van der Waals surface area contributed by atoms with E-state index in [1.165, 1.54) is 14.0 Å². The van der Waals surface area contributed by atoms with Crippen LogP contribution in [0.25, 0.3) is 0 Å². The molecule has 2 rings (SSSR count). The number of hydrogen-bond acceptors (Lipinski definition) is 5. The third kappa shape index (κ3) is 2.52. The number of hydrogen-bond donors (Lipinski definition) is 2. The number of carboxylic acid groups (broad SMARTS) is 1. The minimum Gasteiger partial charge on any atom is -0.503 e. The number of ketones is 1. The van der Waals surface area contributed by atoms with Crippen LogP contribution in [0.4, 0.5) is 0 Å². The van der Waals surface area contributed by atoms with E-state index in [1.54, 1.807) is 24.3 Å². The van der Waals surface area contributed by atoms with Gasteiger partial charge in [-0.15, -0.1) is 0 Å². The first-order chi connectivity index (χ1) is 10.4. The molecule has 1 aliphatic rings. The quantitative estimate of drug-likeness (QED) is 0.843. The highest BCUT2D eigenvalue weighted by Crippen LogP contribution is 2.40. The number of ether oxygens (including phenoxy) is 1. The Morgan fingerprint density at radius 1 is 1.32 bits per heavy atom. The molecule has 22 heavy (non-hydrogen) atoms. The Kier molecular flexibility index (Phi) is 4.16. The Bertz CT molecular complexity index is 678. The van der Waals surface area contributed by atoms with Gasteiger partial charge in [0.1, 0.15) is 12.3 Å². The predicted molar refractivity (Wildman–Crippen MR) is 75.4 cm³/mol. The topological polar surface area (TPSA) is 104 Å². The van der Waals surface area contributed by atoms with E-state index in [9.17, 15) is 19.5 Å². The second kappa shape index (κ2) is 5.88. The molecule has 0 radical (unpaired) electrons. The molecule has 0 unspecified atom stereocenters. The summed E-state index contributed by atoms with van der Waals surface area (Å²) in [5.41, 5.74) is 0.310. The molecule has 1 heterocycles. The minimum atomic E-state index is -1.24. The van der Waals surface area contributed by atoms with Gasteiger partial charge in [-0.05, 0) is 13.0 Å². The number of aliphatic carboxylic acids is 1. The Hall–Kier alpha value is -2.83. The molecular weight excluding hydrogens is 290 g/mol. The first-order valence-electron chi connectivity index (χ1n) is 6.48. The summed E-state index contributed by atoms with van der Waals surface area (Å²) in [4.78, 5) is 35.9. The SMILES string of the molecule is COc1ccccc1[C@@H]1C(C(C)=O)=C(O)C(=O)N1CC(=O)O. The zero-order valence-electron chi connectivity index (χ0n) is 12.1. The Morgan fingerprint density at radius 3 is 2.50 bits per heavy atom. The second-order valence-corrected chi connectivity index (χ2v) is 4.79. The molecule has 0 spiro atoms. The van der Waals surface area contributed by atoms with E-state index < -0.39 is 36.0 Å². The number of benzene rings is 1. The molecule has 0 saturated carbocycles. The molecule has 0 fully saturated rings. The number of nitrogens with zero attached hydrogens (tertiary/aromatic N) is 1. The van der Waals surface area contributed by atoms with Crippen molar-refractivity contribution in [2.75, 3.05) is 13.7 Å². The lowest BCUT2D eigenvalue weighted by Gasteiger charge is -2.26. The molecule has 116 valence electrons. The number of amides is 1. The van der Waals surface area contributed by atoms with Crippen LogP contribution in [-0.4, -0.2) is 46.4 Å². The smallest absolute Gasteiger partial charge is 0.323 e. The summed E-state index contributed by atoms with van der Waals surface area (Å²) in [6.07, 6.45) is 0. The van der Waals surface area contributed by atoms with Crippen LogP contribution in [0, 0.1) is 0 Å². The molecule has 1 aromatic carbocycles. The molecule has 0 aromatic heterocycles. The zero-order chi connectivity index (χ0) is 16.4. The number of Topliss-reactive ketones (excluding diaryl/α,β-unsaturated/α-hetero) is 1. The van der Waals surface area contributed by atoms with Gasteiger partial charge in [0.2, 0.25) is 0 Å². The number of methoxy groups -OCH3 is 1. The van der Waals surface area contributed by atoms with Crippen LogP contribution in [0.1, 0.15) is 18.5 Å². The Morgan fingerprint density at radius 2 is 1.95 bits per heavy atom. The molecule has 1 aliphatic heterocycles. The summed E-state index contributed by atoms with van der Waals surface area (Å²) >= 11 is 0. The molecule has 0 aliphatic carbocycles. The standard InChI is InChI=1S/C15H15NO6/c1-8(17)12-13(9-5-3-4-6-10(9)22-2)16(7-11(18)19)15(21)14(12)20/h3-6,13,20H,7H2,1-2H3,(H,18,19)/t13-/m1/s1. The summed E-state index contributed by atoms with van der Waals surface area (Å²) in [5, 5.41) is 18.9. The Labute approximate surface area is 126 Å². The number of aliphatic hydroxyl groups is 1. The fraction of sp³-hybridized carbons (Fsp3) is 0.267. The van der Waals surface area contributed by atoms with E-state index in [4.69, 9.17) is 9.84 Å². The lowest BCUT2D eigenvalue weighted by Crippen LogP contribution is -2.35. The average Bonchev–Trinajstić information content (AvgIpc) is 2.71. The van der Waals surface area contributed by atoms with Crippen molar-refractivity contribution < 1.29 is 29.3 Å². The van der Waals surface area contributed by atoms with Crippen LogP contribution in [0.15, 0.2) is 35.6 Å². The summed E-state index contributed by atoms with van der Waals surface area (Å²) in [6.45, 7) is 0.577. The van der Waals surface area contributed by atoms with E-state index in [-0.39, 0.29) is 5.57 Å². The molecule has 7 heteroatoms.